The van der Waals surface area contributed by atoms with Gasteiger partial charge in [-0.05, 0) is 44.9 Å². The minimum Gasteiger partial charge on any atom is -0.370 e. The molecule has 114 valence electrons. The maximum absolute atomic E-state index is 12.5. The molecule has 4 heteroatoms. The van der Waals surface area contributed by atoms with Crippen LogP contribution >= 0.6 is 0 Å². The smallest absolute Gasteiger partial charge is 0.256 e. The van der Waals surface area contributed by atoms with E-state index in [1.807, 2.05) is 0 Å². The van der Waals surface area contributed by atoms with Crippen LogP contribution in [0.1, 0.15) is 62.6 Å². The number of hydrogen-bond acceptors (Lipinski definition) is 3. The Labute approximate surface area is 125 Å². The zero-order valence-corrected chi connectivity index (χ0v) is 12.6. The van der Waals surface area contributed by atoms with Crippen LogP contribution < -0.4 is 5.56 Å². The first kappa shape index (κ1) is 13.5. The van der Waals surface area contributed by atoms with E-state index in [0.717, 1.165) is 36.9 Å². The van der Waals surface area contributed by atoms with Crippen LogP contribution in [0.3, 0.4) is 0 Å². The van der Waals surface area contributed by atoms with E-state index in [4.69, 9.17) is 4.74 Å². The van der Waals surface area contributed by atoms with Gasteiger partial charge in [0.15, 0.2) is 0 Å². The van der Waals surface area contributed by atoms with Crippen LogP contribution in [0, 0.1) is 0 Å². The molecule has 1 unspecified atom stereocenters. The summed E-state index contributed by atoms with van der Waals surface area (Å²) in [6.07, 6.45) is 13.5. The molecule has 1 spiro atoms. The molecule has 1 aliphatic heterocycles. The number of nitrogens with zero attached hydrogens (tertiary/aromatic N) is 2. The molecule has 1 saturated heterocycles. The maximum atomic E-state index is 12.5. The number of hydrogen-bond donors (Lipinski definition) is 0. The summed E-state index contributed by atoms with van der Waals surface area (Å²) in [5.74, 6) is 0. The third-order valence-corrected chi connectivity index (χ3v) is 5.56. The van der Waals surface area contributed by atoms with E-state index in [1.165, 1.54) is 38.5 Å². The summed E-state index contributed by atoms with van der Waals surface area (Å²) in [4.78, 5) is 17.0. The highest BCUT2D eigenvalue weighted by molar-refractivity contribution is 5.21. The number of aromatic nitrogens is 2. The molecule has 0 N–H and O–H groups in total. The molecule has 0 radical (unpaired) electrons. The first-order valence-corrected chi connectivity index (χ1v) is 8.51. The van der Waals surface area contributed by atoms with Gasteiger partial charge >= 0.3 is 0 Å². The van der Waals surface area contributed by atoms with E-state index in [1.54, 1.807) is 10.9 Å². The van der Waals surface area contributed by atoms with Crippen molar-refractivity contribution >= 4 is 0 Å². The monoisotopic (exact) mass is 288 g/mol. The molecule has 21 heavy (non-hydrogen) atoms. The Bertz CT molecular complexity index is 587. The van der Waals surface area contributed by atoms with Crippen molar-refractivity contribution in [2.45, 2.75) is 82.5 Å². The summed E-state index contributed by atoms with van der Waals surface area (Å²) in [6.45, 7) is 0.681. The maximum Gasteiger partial charge on any atom is 0.256 e. The average molecular weight is 288 g/mol. The molecule has 1 saturated carbocycles. The van der Waals surface area contributed by atoms with E-state index in [0.29, 0.717) is 6.54 Å². The second-order valence-corrected chi connectivity index (χ2v) is 7.00. The summed E-state index contributed by atoms with van der Waals surface area (Å²) in [5.41, 5.74) is 2.28. The largest absolute Gasteiger partial charge is 0.370 e. The standard InChI is InChI=1S/C17H24N2O2/c20-16-14-5-4-6-15(14)18-12-19(16)11-13-7-10-17(21-13)8-2-1-3-9-17/h12-13H,1-11H2. The van der Waals surface area contributed by atoms with E-state index >= 15 is 0 Å². The van der Waals surface area contributed by atoms with Gasteiger partial charge < -0.3 is 4.74 Å². The molecule has 4 rings (SSSR count). The van der Waals surface area contributed by atoms with Crippen LogP contribution in [0.5, 0.6) is 0 Å². The third-order valence-electron chi connectivity index (χ3n) is 5.56. The molecule has 2 aliphatic carbocycles. The van der Waals surface area contributed by atoms with Crippen molar-refractivity contribution in [3.05, 3.63) is 27.9 Å². The van der Waals surface area contributed by atoms with Gasteiger partial charge in [-0.2, -0.15) is 0 Å². The minimum absolute atomic E-state index is 0.136. The molecule has 3 aliphatic rings. The lowest BCUT2D eigenvalue weighted by Gasteiger charge is -2.33. The van der Waals surface area contributed by atoms with Crippen molar-refractivity contribution in [1.29, 1.82) is 0 Å². The molecule has 4 nitrogen and oxygen atoms in total. The first-order valence-electron chi connectivity index (χ1n) is 8.51. The molecule has 1 aromatic rings. The molecule has 0 bridgehead atoms. The lowest BCUT2D eigenvalue weighted by Crippen LogP contribution is -2.34. The lowest BCUT2D eigenvalue weighted by molar-refractivity contribution is -0.0683. The van der Waals surface area contributed by atoms with Crippen molar-refractivity contribution in [1.82, 2.24) is 9.55 Å². The van der Waals surface area contributed by atoms with Crippen molar-refractivity contribution in [2.75, 3.05) is 0 Å². The zero-order valence-electron chi connectivity index (χ0n) is 12.6. The van der Waals surface area contributed by atoms with Gasteiger partial charge in [0.1, 0.15) is 0 Å². The second kappa shape index (κ2) is 5.24. The fourth-order valence-corrected chi connectivity index (χ4v) is 4.40. The van der Waals surface area contributed by atoms with Crippen molar-refractivity contribution < 1.29 is 4.74 Å². The Balaban J connectivity index is 1.49. The normalized spacial score (nSPS) is 27.1. The van der Waals surface area contributed by atoms with Crippen molar-refractivity contribution in [2.24, 2.45) is 0 Å². The first-order chi connectivity index (χ1) is 10.3. The zero-order chi connectivity index (χ0) is 14.3. The van der Waals surface area contributed by atoms with Gasteiger partial charge in [-0.25, -0.2) is 4.98 Å². The molecule has 0 amide bonds. The van der Waals surface area contributed by atoms with E-state index in [-0.39, 0.29) is 17.3 Å². The predicted molar refractivity (Wildman–Crippen MR) is 80.4 cm³/mol. The summed E-state index contributed by atoms with van der Waals surface area (Å²) in [5, 5.41) is 0. The second-order valence-electron chi connectivity index (χ2n) is 7.00. The fourth-order valence-electron chi connectivity index (χ4n) is 4.40. The fraction of sp³-hybridized carbons (Fsp3) is 0.765. The quantitative estimate of drug-likeness (QED) is 0.840. The minimum atomic E-state index is 0.136. The predicted octanol–water partition coefficient (Wildman–Crippen LogP) is 2.61. The SMILES string of the molecule is O=c1c2c(ncn1CC1CCC3(CCCCC3)O1)CCC2. The number of rotatable bonds is 2. The van der Waals surface area contributed by atoms with Gasteiger partial charge in [0, 0.05) is 5.56 Å². The van der Waals surface area contributed by atoms with Crippen LogP contribution in [0.4, 0.5) is 0 Å². The number of aryl methyl sites for hydroxylation is 1. The van der Waals surface area contributed by atoms with Crippen molar-refractivity contribution in [3.8, 4) is 0 Å². The molecular weight excluding hydrogens is 264 g/mol. The molecule has 0 aromatic carbocycles. The molecule has 1 atom stereocenters. The third kappa shape index (κ3) is 2.44. The van der Waals surface area contributed by atoms with Gasteiger partial charge in [-0.15, -0.1) is 0 Å². The van der Waals surface area contributed by atoms with Gasteiger partial charge in [0.2, 0.25) is 0 Å². The van der Waals surface area contributed by atoms with E-state index in [9.17, 15) is 4.79 Å². The molecule has 2 heterocycles. The Hall–Kier alpha value is -1.16. The number of fused-ring (bicyclic) bond motifs is 1. The molecular formula is C17H24N2O2. The van der Waals surface area contributed by atoms with Gasteiger partial charge in [-0.3, -0.25) is 9.36 Å². The highest BCUT2D eigenvalue weighted by atomic mass is 16.5. The Morgan fingerprint density at radius 3 is 2.90 bits per heavy atom. The Morgan fingerprint density at radius 2 is 2.05 bits per heavy atom. The molecule has 2 fully saturated rings. The van der Waals surface area contributed by atoms with Crippen LogP contribution in [0.25, 0.3) is 0 Å². The Morgan fingerprint density at radius 1 is 1.19 bits per heavy atom. The van der Waals surface area contributed by atoms with Gasteiger partial charge in [0.05, 0.1) is 30.3 Å². The average Bonchev–Trinajstić information content (AvgIpc) is 3.11. The van der Waals surface area contributed by atoms with Crippen LogP contribution in [0.15, 0.2) is 11.1 Å². The lowest BCUT2D eigenvalue weighted by atomic mass is 9.83. The highest BCUT2D eigenvalue weighted by Crippen LogP contribution is 2.42. The van der Waals surface area contributed by atoms with Crippen molar-refractivity contribution in [3.63, 3.8) is 0 Å². The number of ether oxygens (including phenoxy) is 1. The highest BCUT2D eigenvalue weighted by Gasteiger charge is 2.40. The topological polar surface area (TPSA) is 44.1 Å². The van der Waals surface area contributed by atoms with Gasteiger partial charge in [0.25, 0.3) is 5.56 Å². The van der Waals surface area contributed by atoms with Crippen LogP contribution in [0.2, 0.25) is 0 Å². The Kier molecular flexibility index (Phi) is 3.37. The van der Waals surface area contributed by atoms with E-state index < -0.39 is 0 Å². The summed E-state index contributed by atoms with van der Waals surface area (Å²) < 4.78 is 8.17. The summed E-state index contributed by atoms with van der Waals surface area (Å²) >= 11 is 0. The van der Waals surface area contributed by atoms with Gasteiger partial charge in [-0.1, -0.05) is 19.3 Å². The summed E-state index contributed by atoms with van der Waals surface area (Å²) in [6, 6.07) is 0. The van der Waals surface area contributed by atoms with Crippen LogP contribution in [-0.4, -0.2) is 21.3 Å². The molecule has 1 aromatic heterocycles. The van der Waals surface area contributed by atoms with E-state index in [2.05, 4.69) is 4.98 Å². The van der Waals surface area contributed by atoms with Crippen LogP contribution in [-0.2, 0) is 24.1 Å². The summed E-state index contributed by atoms with van der Waals surface area (Å²) in [7, 11) is 0.